The van der Waals surface area contributed by atoms with E-state index in [0.29, 0.717) is 12.2 Å². The van der Waals surface area contributed by atoms with E-state index in [1.165, 1.54) is 9.80 Å². The van der Waals surface area contributed by atoms with Gasteiger partial charge in [-0.1, -0.05) is 0 Å². The Hall–Kier alpha value is 0.394. The van der Waals surface area contributed by atoms with Crippen molar-refractivity contribution in [2.75, 3.05) is 19.8 Å². The number of rotatable bonds is 1. The first-order valence-corrected chi connectivity index (χ1v) is 4.27. The summed E-state index contributed by atoms with van der Waals surface area (Å²) in [5.41, 5.74) is 0. The maximum atomic E-state index is 11.3. The number of carbonyl (C=O) groups excluding carboxylic acids is 2. The molecule has 3 amide bonds. The molecule has 1 radical (unpaired) electrons. The van der Waals surface area contributed by atoms with Gasteiger partial charge in [-0.15, -0.1) is 0 Å². The standard InChI is InChI=1S/C7H12N2O2S.Y/c1-8(2)7(11)9-5(4-12)3-6(9)10;/h5,12H,3-4H2,1-2H3;/p-1/t5-;/m1./s1. The molecule has 1 rings (SSSR count). The van der Waals surface area contributed by atoms with Crippen molar-refractivity contribution in [3.05, 3.63) is 0 Å². The monoisotopic (exact) mass is 276 g/mol. The maximum Gasteiger partial charge on any atom is 0.326 e. The molecule has 1 heterocycles. The van der Waals surface area contributed by atoms with E-state index in [1.807, 2.05) is 0 Å². The quantitative estimate of drug-likeness (QED) is 0.492. The van der Waals surface area contributed by atoms with Gasteiger partial charge in [0.05, 0.1) is 0 Å². The van der Waals surface area contributed by atoms with Gasteiger partial charge in [0.1, 0.15) is 0 Å². The van der Waals surface area contributed by atoms with E-state index in [0.717, 1.165) is 0 Å². The van der Waals surface area contributed by atoms with Gasteiger partial charge in [-0.25, -0.2) is 4.79 Å². The van der Waals surface area contributed by atoms with Gasteiger partial charge in [-0.3, -0.25) is 9.69 Å². The topological polar surface area (TPSA) is 40.6 Å². The van der Waals surface area contributed by atoms with Gasteiger partial charge in [0, 0.05) is 59.3 Å². The van der Waals surface area contributed by atoms with Crippen LogP contribution in [0.25, 0.3) is 0 Å². The van der Waals surface area contributed by atoms with Crippen LogP contribution in [0.1, 0.15) is 6.42 Å². The molecule has 0 spiro atoms. The molecule has 0 aromatic rings. The van der Waals surface area contributed by atoms with Crippen LogP contribution in [-0.2, 0) is 50.1 Å². The van der Waals surface area contributed by atoms with Gasteiger partial charge >= 0.3 is 6.03 Å². The summed E-state index contributed by atoms with van der Waals surface area (Å²) in [6, 6.07) is -0.316. The first-order valence-electron chi connectivity index (χ1n) is 3.69. The third-order valence-electron chi connectivity index (χ3n) is 1.83. The molecule has 1 fully saturated rings. The molecular formula is C7H11N2O2SY-. The Morgan fingerprint density at radius 2 is 2.23 bits per heavy atom. The van der Waals surface area contributed by atoms with Gasteiger partial charge in [0.2, 0.25) is 5.91 Å². The molecule has 1 atom stereocenters. The molecule has 4 nitrogen and oxygen atoms in total. The number of urea groups is 1. The van der Waals surface area contributed by atoms with Crippen LogP contribution < -0.4 is 0 Å². The number of hydrogen-bond acceptors (Lipinski definition) is 3. The van der Waals surface area contributed by atoms with Gasteiger partial charge in [-0.2, -0.15) is 5.75 Å². The van der Waals surface area contributed by atoms with Crippen molar-refractivity contribution in [1.82, 2.24) is 9.80 Å². The van der Waals surface area contributed by atoms with E-state index in [2.05, 4.69) is 0 Å². The molecule has 0 unspecified atom stereocenters. The minimum Gasteiger partial charge on any atom is -0.791 e. The van der Waals surface area contributed by atoms with Gasteiger partial charge < -0.3 is 17.5 Å². The second kappa shape index (κ2) is 5.32. The predicted molar refractivity (Wildman–Crippen MR) is 46.6 cm³/mol. The molecular weight excluding hydrogens is 265 g/mol. The number of carbonyl (C=O) groups is 2. The summed E-state index contributed by atoms with van der Waals surface area (Å²) in [5, 5.41) is 0. The van der Waals surface area contributed by atoms with E-state index in [-0.39, 0.29) is 50.7 Å². The largest absolute Gasteiger partial charge is 0.791 e. The fourth-order valence-electron chi connectivity index (χ4n) is 1.09. The molecule has 0 aromatic carbocycles. The molecule has 0 aromatic heterocycles. The number of β-lactam (4-membered cyclic amide) rings is 1. The summed E-state index contributed by atoms with van der Waals surface area (Å²) in [5.74, 6) is 0.314. The van der Waals surface area contributed by atoms with E-state index in [9.17, 15) is 9.59 Å². The molecule has 0 N–H and O–H groups in total. The summed E-state index contributed by atoms with van der Waals surface area (Å²) >= 11 is 4.80. The second-order valence-electron chi connectivity index (χ2n) is 2.97. The first kappa shape index (κ1) is 13.4. The Bertz CT molecular complexity index is 223. The Kier molecular flexibility index (Phi) is 5.48. The van der Waals surface area contributed by atoms with Crippen LogP contribution in [0.3, 0.4) is 0 Å². The van der Waals surface area contributed by atoms with Crippen molar-refractivity contribution in [3.63, 3.8) is 0 Å². The van der Waals surface area contributed by atoms with E-state index in [1.54, 1.807) is 14.1 Å². The molecule has 6 heteroatoms. The van der Waals surface area contributed by atoms with Crippen molar-refractivity contribution >= 4 is 24.6 Å². The molecule has 0 aliphatic carbocycles. The van der Waals surface area contributed by atoms with Crippen LogP contribution in [0, 0.1) is 0 Å². The zero-order valence-electron chi connectivity index (χ0n) is 7.69. The average Bonchev–Trinajstić information content (AvgIpc) is 1.99. The number of amides is 3. The van der Waals surface area contributed by atoms with Crippen LogP contribution in [0.5, 0.6) is 0 Å². The minimum atomic E-state index is -0.263. The summed E-state index contributed by atoms with van der Waals surface area (Å²) in [6.45, 7) is 0. The van der Waals surface area contributed by atoms with Crippen LogP contribution >= 0.6 is 0 Å². The van der Waals surface area contributed by atoms with E-state index >= 15 is 0 Å². The van der Waals surface area contributed by atoms with Crippen molar-refractivity contribution in [2.45, 2.75) is 12.5 Å². The predicted octanol–water partition coefficient (Wildman–Crippen LogP) is -0.187. The first-order chi connectivity index (χ1) is 5.57. The molecule has 0 bridgehead atoms. The molecule has 1 aliphatic rings. The Morgan fingerprint density at radius 3 is 2.54 bits per heavy atom. The summed E-state index contributed by atoms with van der Waals surface area (Å²) in [4.78, 5) is 24.9. The molecule has 1 aliphatic heterocycles. The average molecular weight is 276 g/mol. The van der Waals surface area contributed by atoms with Crippen molar-refractivity contribution in [2.24, 2.45) is 0 Å². The van der Waals surface area contributed by atoms with Gasteiger partial charge in [0.25, 0.3) is 0 Å². The number of likely N-dealkylation sites (tertiary alicyclic amines) is 1. The number of hydrogen-bond donors (Lipinski definition) is 0. The Balaban J connectivity index is 0.00000144. The van der Waals surface area contributed by atoms with Gasteiger partial charge in [0.15, 0.2) is 0 Å². The molecule has 1 saturated heterocycles. The molecule has 71 valence electrons. The van der Waals surface area contributed by atoms with Crippen LogP contribution in [0.2, 0.25) is 0 Å². The Morgan fingerprint density at radius 1 is 1.69 bits per heavy atom. The van der Waals surface area contributed by atoms with Crippen molar-refractivity contribution < 1.29 is 42.3 Å². The second-order valence-corrected chi connectivity index (χ2v) is 3.30. The molecule has 0 saturated carbocycles. The number of nitrogens with zero attached hydrogens (tertiary/aromatic N) is 2. The zero-order chi connectivity index (χ0) is 9.30. The smallest absolute Gasteiger partial charge is 0.326 e. The number of imide groups is 1. The maximum absolute atomic E-state index is 11.3. The third kappa shape index (κ3) is 2.67. The summed E-state index contributed by atoms with van der Waals surface area (Å²) in [6.07, 6.45) is 0.420. The fraction of sp³-hybridized carbons (Fsp3) is 0.714. The summed E-state index contributed by atoms with van der Waals surface area (Å²) < 4.78 is 0. The van der Waals surface area contributed by atoms with Crippen molar-refractivity contribution in [1.29, 1.82) is 0 Å². The minimum absolute atomic E-state index is 0. The molecule has 13 heavy (non-hydrogen) atoms. The van der Waals surface area contributed by atoms with E-state index < -0.39 is 0 Å². The zero-order valence-corrected chi connectivity index (χ0v) is 11.3. The van der Waals surface area contributed by atoms with Crippen molar-refractivity contribution in [3.8, 4) is 0 Å². The third-order valence-corrected chi connectivity index (χ3v) is 2.21. The van der Waals surface area contributed by atoms with Crippen LogP contribution in [0.15, 0.2) is 0 Å². The fourth-order valence-corrected chi connectivity index (χ4v) is 1.36. The van der Waals surface area contributed by atoms with E-state index in [4.69, 9.17) is 12.6 Å². The van der Waals surface area contributed by atoms with Crippen LogP contribution in [0.4, 0.5) is 4.79 Å². The normalized spacial score (nSPS) is 20.4. The Labute approximate surface area is 108 Å². The SMILES string of the molecule is CN(C)C(=O)N1C(=O)C[C@@H]1C[S-].[Y]. The van der Waals surface area contributed by atoms with Gasteiger partial charge in [-0.05, 0) is 0 Å². The van der Waals surface area contributed by atoms with Crippen LogP contribution in [-0.4, -0.2) is 47.6 Å². The summed E-state index contributed by atoms with van der Waals surface area (Å²) in [7, 11) is 3.24.